The normalized spacial score (nSPS) is 15.3. The first kappa shape index (κ1) is 13.2. The lowest BCUT2D eigenvalue weighted by Gasteiger charge is -2.27. The van der Waals surface area contributed by atoms with E-state index in [9.17, 15) is 4.39 Å². The molecule has 1 aromatic carbocycles. The fourth-order valence-electron chi connectivity index (χ4n) is 2.59. The smallest absolute Gasteiger partial charge is 0.240 e. The Balaban J connectivity index is 1.66. The maximum atomic E-state index is 13.2. The van der Waals surface area contributed by atoms with E-state index in [0.717, 1.165) is 43.7 Å². The van der Waals surface area contributed by atoms with Crippen LogP contribution in [0.3, 0.4) is 0 Å². The van der Waals surface area contributed by atoms with Gasteiger partial charge in [-0.25, -0.2) is 4.39 Å². The lowest BCUT2D eigenvalue weighted by Crippen LogP contribution is -2.30. The van der Waals surface area contributed by atoms with Crippen molar-refractivity contribution in [2.45, 2.75) is 39.3 Å². The molecule has 3 rings (SSSR count). The van der Waals surface area contributed by atoms with Crippen LogP contribution < -0.4 is 0 Å². The highest BCUT2D eigenvalue weighted by atomic mass is 19.1. The first-order chi connectivity index (χ1) is 9.74. The van der Waals surface area contributed by atoms with Crippen LogP contribution >= 0.6 is 0 Å². The summed E-state index contributed by atoms with van der Waals surface area (Å²) in [5.41, 5.74) is 2.30. The van der Waals surface area contributed by atoms with Crippen molar-refractivity contribution in [1.29, 1.82) is 0 Å². The summed E-state index contributed by atoms with van der Waals surface area (Å²) in [6, 6.07) is 5.03. The summed E-state index contributed by atoms with van der Waals surface area (Å²) in [6.07, 6.45) is 2.73. The van der Waals surface area contributed by atoms with Gasteiger partial charge in [0.1, 0.15) is 5.82 Å². The van der Waals surface area contributed by atoms with Gasteiger partial charge in [-0.1, -0.05) is 18.1 Å². The van der Waals surface area contributed by atoms with Crippen LogP contribution in [0, 0.1) is 5.82 Å². The molecule has 0 amide bonds. The second-order valence-corrected chi connectivity index (χ2v) is 5.23. The van der Waals surface area contributed by atoms with E-state index in [2.05, 4.69) is 22.0 Å². The van der Waals surface area contributed by atoms with Crippen LogP contribution in [0.4, 0.5) is 4.39 Å². The molecular formula is C15H18FN3O. The number of nitrogens with zero attached hydrogens (tertiary/aromatic N) is 3. The summed E-state index contributed by atoms with van der Waals surface area (Å²) in [6.45, 7) is 4.45. The van der Waals surface area contributed by atoms with Crippen LogP contribution in [0.25, 0.3) is 0 Å². The SMILES string of the molecule is CCCc1noc(CN2CCc3cc(F)ccc3C2)n1. The monoisotopic (exact) mass is 275 g/mol. The predicted octanol–water partition coefficient (Wildman–Crippen LogP) is 2.72. The largest absolute Gasteiger partial charge is 0.338 e. The third-order valence-corrected chi connectivity index (χ3v) is 3.60. The highest BCUT2D eigenvalue weighted by molar-refractivity contribution is 5.29. The molecule has 0 saturated heterocycles. The lowest BCUT2D eigenvalue weighted by atomic mass is 10.00. The van der Waals surface area contributed by atoms with Gasteiger partial charge in [-0.05, 0) is 36.1 Å². The van der Waals surface area contributed by atoms with Gasteiger partial charge in [0.05, 0.1) is 6.54 Å². The summed E-state index contributed by atoms with van der Waals surface area (Å²) >= 11 is 0. The molecule has 1 aliphatic rings. The van der Waals surface area contributed by atoms with Gasteiger partial charge in [-0.15, -0.1) is 0 Å². The van der Waals surface area contributed by atoms with Crippen LogP contribution in [-0.4, -0.2) is 21.6 Å². The number of fused-ring (bicyclic) bond motifs is 1. The summed E-state index contributed by atoms with van der Waals surface area (Å²) < 4.78 is 18.4. The van der Waals surface area contributed by atoms with E-state index in [1.165, 1.54) is 11.6 Å². The average Bonchev–Trinajstić information content (AvgIpc) is 2.87. The Morgan fingerprint density at radius 1 is 1.35 bits per heavy atom. The van der Waals surface area contributed by atoms with E-state index in [-0.39, 0.29) is 5.82 Å². The second kappa shape index (κ2) is 5.71. The number of hydrogen-bond donors (Lipinski definition) is 0. The number of benzene rings is 1. The van der Waals surface area contributed by atoms with E-state index >= 15 is 0 Å². The fourth-order valence-corrected chi connectivity index (χ4v) is 2.59. The van der Waals surface area contributed by atoms with E-state index in [1.54, 1.807) is 6.07 Å². The van der Waals surface area contributed by atoms with Crippen molar-refractivity contribution in [3.63, 3.8) is 0 Å². The van der Waals surface area contributed by atoms with E-state index in [0.29, 0.717) is 12.4 Å². The molecule has 0 aliphatic carbocycles. The second-order valence-electron chi connectivity index (χ2n) is 5.23. The molecule has 0 atom stereocenters. The Morgan fingerprint density at radius 2 is 2.25 bits per heavy atom. The van der Waals surface area contributed by atoms with Crippen LogP contribution in [0.2, 0.25) is 0 Å². The molecule has 0 radical (unpaired) electrons. The van der Waals surface area contributed by atoms with E-state index < -0.39 is 0 Å². The molecule has 2 aromatic rings. The van der Waals surface area contributed by atoms with Crippen molar-refractivity contribution >= 4 is 0 Å². The molecule has 5 heteroatoms. The van der Waals surface area contributed by atoms with Crippen LogP contribution in [0.1, 0.15) is 36.2 Å². The highest BCUT2D eigenvalue weighted by Crippen LogP contribution is 2.21. The zero-order chi connectivity index (χ0) is 13.9. The predicted molar refractivity (Wildman–Crippen MR) is 72.5 cm³/mol. The molecule has 20 heavy (non-hydrogen) atoms. The van der Waals surface area contributed by atoms with Crippen LogP contribution in [0.5, 0.6) is 0 Å². The van der Waals surface area contributed by atoms with Crippen molar-refractivity contribution < 1.29 is 8.91 Å². The van der Waals surface area contributed by atoms with Gasteiger partial charge in [-0.2, -0.15) is 4.98 Å². The summed E-state index contributed by atoms with van der Waals surface area (Å²) in [4.78, 5) is 6.64. The lowest BCUT2D eigenvalue weighted by molar-refractivity contribution is 0.210. The van der Waals surface area contributed by atoms with Gasteiger partial charge in [0, 0.05) is 19.5 Å². The third-order valence-electron chi connectivity index (χ3n) is 3.60. The Labute approximate surface area is 117 Å². The maximum absolute atomic E-state index is 13.2. The zero-order valence-electron chi connectivity index (χ0n) is 11.6. The molecule has 1 aliphatic heterocycles. The minimum absolute atomic E-state index is 0.154. The molecule has 1 aromatic heterocycles. The third kappa shape index (κ3) is 2.88. The summed E-state index contributed by atoms with van der Waals surface area (Å²) in [5.74, 6) is 1.29. The van der Waals surface area contributed by atoms with Crippen molar-refractivity contribution in [2.24, 2.45) is 0 Å². The van der Waals surface area contributed by atoms with Gasteiger partial charge < -0.3 is 4.52 Å². The topological polar surface area (TPSA) is 42.2 Å². The van der Waals surface area contributed by atoms with Crippen molar-refractivity contribution in [1.82, 2.24) is 15.0 Å². The molecule has 0 bridgehead atoms. The Bertz CT molecular complexity index is 597. The molecular weight excluding hydrogens is 257 g/mol. The molecule has 0 fully saturated rings. The number of hydrogen-bond acceptors (Lipinski definition) is 4. The Morgan fingerprint density at radius 3 is 3.10 bits per heavy atom. The molecule has 0 N–H and O–H groups in total. The van der Waals surface area contributed by atoms with Gasteiger partial charge >= 0.3 is 0 Å². The Hall–Kier alpha value is -1.75. The number of rotatable bonds is 4. The molecule has 2 heterocycles. The van der Waals surface area contributed by atoms with Gasteiger partial charge in [0.2, 0.25) is 5.89 Å². The van der Waals surface area contributed by atoms with Crippen molar-refractivity contribution in [3.8, 4) is 0 Å². The first-order valence-electron chi connectivity index (χ1n) is 7.05. The first-order valence-corrected chi connectivity index (χ1v) is 7.05. The number of aromatic nitrogens is 2. The molecule has 4 nitrogen and oxygen atoms in total. The van der Waals surface area contributed by atoms with Gasteiger partial charge in [0.15, 0.2) is 5.82 Å². The maximum Gasteiger partial charge on any atom is 0.240 e. The minimum Gasteiger partial charge on any atom is -0.338 e. The molecule has 106 valence electrons. The summed E-state index contributed by atoms with van der Waals surface area (Å²) in [7, 11) is 0. The van der Waals surface area contributed by atoms with Gasteiger partial charge in [-0.3, -0.25) is 4.90 Å². The zero-order valence-corrected chi connectivity index (χ0v) is 11.6. The standard InChI is InChI=1S/C15H18FN3O/c1-2-3-14-17-15(20-18-14)10-19-7-6-11-8-13(16)5-4-12(11)9-19/h4-5,8H,2-3,6-7,9-10H2,1H3. The summed E-state index contributed by atoms with van der Waals surface area (Å²) in [5, 5.41) is 3.96. The van der Waals surface area contributed by atoms with Crippen LogP contribution in [0.15, 0.2) is 22.7 Å². The van der Waals surface area contributed by atoms with Crippen molar-refractivity contribution in [3.05, 3.63) is 46.9 Å². The van der Waals surface area contributed by atoms with Crippen LogP contribution in [-0.2, 0) is 25.9 Å². The number of halogens is 1. The minimum atomic E-state index is -0.154. The average molecular weight is 275 g/mol. The molecule has 0 saturated carbocycles. The number of aryl methyl sites for hydroxylation is 1. The Kier molecular flexibility index (Phi) is 3.78. The molecule has 0 unspecified atom stereocenters. The van der Waals surface area contributed by atoms with E-state index in [4.69, 9.17) is 4.52 Å². The van der Waals surface area contributed by atoms with Gasteiger partial charge in [0.25, 0.3) is 0 Å². The fraction of sp³-hybridized carbons (Fsp3) is 0.467. The van der Waals surface area contributed by atoms with E-state index in [1.807, 2.05) is 6.07 Å². The highest BCUT2D eigenvalue weighted by Gasteiger charge is 2.19. The molecule has 0 spiro atoms. The van der Waals surface area contributed by atoms with Crippen molar-refractivity contribution in [2.75, 3.05) is 6.54 Å². The quantitative estimate of drug-likeness (QED) is 0.860.